The number of fused-ring (bicyclic) bond motifs is 1. The van der Waals surface area contributed by atoms with E-state index in [2.05, 4.69) is 20.3 Å². The largest absolute Gasteiger partial charge is 0.319 e. The summed E-state index contributed by atoms with van der Waals surface area (Å²) in [5.74, 6) is -0.191. The maximum Gasteiger partial charge on any atom is 0.270 e. The lowest BCUT2D eigenvalue weighted by atomic mass is 10.1. The van der Waals surface area contributed by atoms with Crippen molar-refractivity contribution < 1.29 is 4.79 Å². The molecular weight excluding hydrogens is 384 g/mol. The fourth-order valence-corrected chi connectivity index (χ4v) is 3.93. The van der Waals surface area contributed by atoms with Gasteiger partial charge in [-0.15, -0.1) is 11.3 Å². The minimum atomic E-state index is -0.261. The Kier molecular flexibility index (Phi) is 5.22. The van der Waals surface area contributed by atoms with Gasteiger partial charge in [0.1, 0.15) is 5.69 Å². The predicted octanol–water partition coefficient (Wildman–Crippen LogP) is 4.23. The van der Waals surface area contributed by atoms with Crippen molar-refractivity contribution >= 4 is 33.4 Å². The van der Waals surface area contributed by atoms with E-state index in [1.54, 1.807) is 6.07 Å². The fraction of sp³-hybridized carbons (Fsp3) is 0.182. The Labute approximate surface area is 171 Å². The van der Waals surface area contributed by atoms with Gasteiger partial charge in [0.05, 0.1) is 16.7 Å². The molecule has 146 valence electrons. The Morgan fingerprint density at radius 1 is 1.07 bits per heavy atom. The van der Waals surface area contributed by atoms with Crippen LogP contribution < -0.4 is 10.9 Å². The van der Waals surface area contributed by atoms with E-state index in [1.165, 1.54) is 16.9 Å². The molecule has 0 bridgehead atoms. The Morgan fingerprint density at radius 3 is 2.62 bits per heavy atom. The van der Waals surface area contributed by atoms with Crippen molar-refractivity contribution in [2.45, 2.75) is 26.7 Å². The van der Waals surface area contributed by atoms with Crippen LogP contribution in [0.25, 0.3) is 22.3 Å². The van der Waals surface area contributed by atoms with Crippen molar-refractivity contribution in [2.24, 2.45) is 0 Å². The summed E-state index contributed by atoms with van der Waals surface area (Å²) < 4.78 is 0. The second-order valence-electron chi connectivity index (χ2n) is 6.87. The van der Waals surface area contributed by atoms with Crippen LogP contribution >= 0.6 is 11.3 Å². The summed E-state index contributed by atoms with van der Waals surface area (Å²) in [6, 6.07) is 15.5. The molecule has 2 aromatic carbocycles. The molecule has 0 radical (unpaired) electrons. The van der Waals surface area contributed by atoms with Gasteiger partial charge in [-0.05, 0) is 26.0 Å². The molecule has 2 heterocycles. The van der Waals surface area contributed by atoms with Crippen molar-refractivity contribution in [3.8, 4) is 11.3 Å². The molecule has 0 saturated carbocycles. The highest BCUT2D eigenvalue weighted by Crippen LogP contribution is 2.30. The van der Waals surface area contributed by atoms with E-state index in [0.29, 0.717) is 21.9 Å². The predicted molar refractivity (Wildman–Crippen MR) is 116 cm³/mol. The zero-order valence-electron chi connectivity index (χ0n) is 16.2. The Hall–Kier alpha value is -3.32. The van der Waals surface area contributed by atoms with Crippen molar-refractivity contribution in [3.63, 3.8) is 0 Å². The summed E-state index contributed by atoms with van der Waals surface area (Å²) in [6.07, 6.45) is 0.425. The van der Waals surface area contributed by atoms with Crippen molar-refractivity contribution in [1.29, 1.82) is 0 Å². The van der Waals surface area contributed by atoms with Crippen LogP contribution in [-0.4, -0.2) is 20.9 Å². The van der Waals surface area contributed by atoms with Crippen molar-refractivity contribution in [1.82, 2.24) is 15.0 Å². The molecule has 0 saturated heterocycles. The summed E-state index contributed by atoms with van der Waals surface area (Å²) in [4.78, 5) is 37.3. The van der Waals surface area contributed by atoms with Gasteiger partial charge in [-0.3, -0.25) is 9.59 Å². The molecule has 0 aliphatic rings. The summed E-state index contributed by atoms with van der Waals surface area (Å²) in [7, 11) is 0. The summed E-state index contributed by atoms with van der Waals surface area (Å²) in [5.41, 5.74) is 4.58. The van der Waals surface area contributed by atoms with Gasteiger partial charge in [-0.1, -0.05) is 42.0 Å². The third-order valence-electron chi connectivity index (χ3n) is 4.63. The summed E-state index contributed by atoms with van der Waals surface area (Å²) in [5, 5.41) is 3.40. The van der Waals surface area contributed by atoms with Crippen molar-refractivity contribution in [3.05, 3.63) is 75.0 Å². The first-order valence-electron chi connectivity index (χ1n) is 9.32. The number of benzene rings is 2. The molecule has 2 aromatic heterocycles. The molecule has 0 unspecified atom stereocenters. The minimum Gasteiger partial charge on any atom is -0.319 e. The molecule has 4 aromatic rings. The van der Waals surface area contributed by atoms with Crippen LogP contribution in [0.15, 0.2) is 53.3 Å². The lowest BCUT2D eigenvalue weighted by Gasteiger charge is -2.03. The van der Waals surface area contributed by atoms with Gasteiger partial charge in [0.25, 0.3) is 5.56 Å². The number of anilines is 1. The lowest BCUT2D eigenvalue weighted by Crippen LogP contribution is -2.18. The molecular formula is C22H20N4O2S. The first kappa shape index (κ1) is 19.0. The van der Waals surface area contributed by atoms with E-state index >= 15 is 0 Å². The number of carbonyl (C=O) groups excluding carboxylic acids is 1. The fourth-order valence-electron chi connectivity index (χ4n) is 3.08. The molecule has 7 heteroatoms. The molecule has 4 rings (SSSR count). The molecule has 29 heavy (non-hydrogen) atoms. The van der Waals surface area contributed by atoms with E-state index in [9.17, 15) is 9.59 Å². The van der Waals surface area contributed by atoms with E-state index in [1.807, 2.05) is 56.3 Å². The lowest BCUT2D eigenvalue weighted by molar-refractivity contribution is -0.116. The van der Waals surface area contributed by atoms with Crippen LogP contribution in [0.5, 0.6) is 0 Å². The average Bonchev–Trinajstić information content (AvgIpc) is 3.07. The van der Waals surface area contributed by atoms with E-state index in [-0.39, 0.29) is 24.3 Å². The first-order chi connectivity index (χ1) is 14.0. The van der Waals surface area contributed by atoms with Gasteiger partial charge < -0.3 is 10.3 Å². The monoisotopic (exact) mass is 404 g/mol. The first-order valence-corrected chi connectivity index (χ1v) is 10.1. The van der Waals surface area contributed by atoms with Gasteiger partial charge >= 0.3 is 0 Å². The van der Waals surface area contributed by atoms with Crippen LogP contribution in [0.3, 0.4) is 0 Å². The number of aromatic nitrogens is 3. The Bertz CT molecular complexity index is 1240. The number of thiazole rings is 1. The topological polar surface area (TPSA) is 87.7 Å². The normalized spacial score (nSPS) is 11.0. The van der Waals surface area contributed by atoms with Gasteiger partial charge in [0.15, 0.2) is 5.13 Å². The maximum atomic E-state index is 12.4. The number of aryl methyl sites for hydroxylation is 3. The summed E-state index contributed by atoms with van der Waals surface area (Å²) in [6.45, 7) is 4.03. The van der Waals surface area contributed by atoms with E-state index < -0.39 is 0 Å². The molecule has 0 aliphatic heterocycles. The van der Waals surface area contributed by atoms with Crippen LogP contribution in [0, 0.1) is 13.8 Å². The number of hydrogen-bond donors (Lipinski definition) is 2. The van der Waals surface area contributed by atoms with E-state index in [0.717, 1.165) is 16.1 Å². The number of amides is 1. The quantitative estimate of drug-likeness (QED) is 0.521. The second-order valence-corrected chi connectivity index (χ2v) is 8.07. The highest BCUT2D eigenvalue weighted by atomic mass is 32.1. The number of para-hydroxylation sites is 2. The van der Waals surface area contributed by atoms with Crippen molar-refractivity contribution in [2.75, 3.05) is 5.32 Å². The van der Waals surface area contributed by atoms with Crippen LogP contribution in [0.4, 0.5) is 5.13 Å². The third kappa shape index (κ3) is 4.25. The SMILES string of the molecule is Cc1ccc(-c2nc(NC(=O)CCc3nc4ccccc4[nH]c3=O)sc2C)cc1. The number of nitrogens with one attached hydrogen (secondary N) is 2. The third-order valence-corrected chi connectivity index (χ3v) is 5.51. The van der Waals surface area contributed by atoms with Crippen LogP contribution in [0.1, 0.15) is 22.6 Å². The van der Waals surface area contributed by atoms with Crippen LogP contribution in [0.2, 0.25) is 0 Å². The molecule has 6 nitrogen and oxygen atoms in total. The molecule has 0 spiro atoms. The molecule has 0 aliphatic carbocycles. The smallest absolute Gasteiger partial charge is 0.270 e. The maximum absolute atomic E-state index is 12.4. The van der Waals surface area contributed by atoms with E-state index in [4.69, 9.17) is 0 Å². The second kappa shape index (κ2) is 7.97. The zero-order valence-corrected chi connectivity index (χ0v) is 17.0. The van der Waals surface area contributed by atoms with Gasteiger partial charge in [-0.25, -0.2) is 9.97 Å². The highest BCUT2D eigenvalue weighted by Gasteiger charge is 2.13. The summed E-state index contributed by atoms with van der Waals surface area (Å²) >= 11 is 1.44. The van der Waals surface area contributed by atoms with Gasteiger partial charge in [0.2, 0.25) is 5.91 Å². The number of aromatic amines is 1. The molecule has 2 N–H and O–H groups in total. The molecule has 1 amide bonds. The number of rotatable bonds is 5. The van der Waals surface area contributed by atoms with Gasteiger partial charge in [0, 0.05) is 23.3 Å². The average molecular weight is 404 g/mol. The number of nitrogens with zero attached hydrogens (tertiary/aromatic N) is 2. The molecule has 0 fully saturated rings. The zero-order chi connectivity index (χ0) is 20.4. The van der Waals surface area contributed by atoms with Crippen LogP contribution in [-0.2, 0) is 11.2 Å². The highest BCUT2D eigenvalue weighted by molar-refractivity contribution is 7.16. The Balaban J connectivity index is 1.44. The molecule has 0 atom stereocenters. The number of carbonyl (C=O) groups is 1. The Morgan fingerprint density at radius 2 is 1.83 bits per heavy atom. The minimum absolute atomic E-state index is 0.160. The van der Waals surface area contributed by atoms with Gasteiger partial charge in [-0.2, -0.15) is 0 Å². The number of H-pyrrole nitrogens is 1. The number of hydrogen-bond acceptors (Lipinski definition) is 5. The standard InChI is InChI=1S/C22H20N4O2S/c1-13-7-9-15(10-8-13)20-14(2)29-22(26-20)25-19(27)12-11-18-21(28)24-17-6-4-3-5-16(17)23-18/h3-10H,11-12H2,1-2H3,(H,24,28)(H,25,26,27).